The molecule has 0 aliphatic heterocycles. The fourth-order valence-corrected chi connectivity index (χ4v) is 10.5. The molecule has 0 saturated carbocycles. The van der Waals surface area contributed by atoms with Crippen LogP contribution in [0.2, 0.25) is 0 Å². The van der Waals surface area contributed by atoms with E-state index in [4.69, 9.17) is 0 Å². The number of aryl methyl sites for hydroxylation is 1. The number of hydrogen-bond donors (Lipinski definition) is 0. The number of anilines is 3. The predicted octanol–water partition coefficient (Wildman–Crippen LogP) is 14.6. The number of benzene rings is 9. The Hall–Kier alpha value is -7.22. The highest BCUT2D eigenvalue weighted by Crippen LogP contribution is 2.63. The first-order chi connectivity index (χ1) is 28.8. The van der Waals surface area contributed by atoms with Gasteiger partial charge in [-0.15, -0.1) is 0 Å². The van der Waals surface area contributed by atoms with Gasteiger partial charge in [-0.05, 0) is 138 Å². The molecule has 0 N–H and O–H groups in total. The molecule has 272 valence electrons. The highest BCUT2D eigenvalue weighted by molar-refractivity contribution is 5.96. The molecular weight excluding hydrogens is 699 g/mol. The van der Waals surface area contributed by atoms with Gasteiger partial charge < -0.3 is 4.90 Å². The van der Waals surface area contributed by atoms with E-state index in [0.717, 1.165) is 29.9 Å². The first-order valence-electron chi connectivity index (χ1n) is 20.5. The van der Waals surface area contributed by atoms with Gasteiger partial charge in [-0.3, -0.25) is 0 Å². The third kappa shape index (κ3) is 4.77. The second kappa shape index (κ2) is 12.9. The predicted molar refractivity (Wildman–Crippen MR) is 241 cm³/mol. The maximum atomic E-state index is 2.48. The van der Waals surface area contributed by atoms with Gasteiger partial charge in [-0.2, -0.15) is 0 Å². The van der Waals surface area contributed by atoms with E-state index in [1.54, 1.807) is 0 Å². The highest BCUT2D eigenvalue weighted by atomic mass is 15.1. The lowest BCUT2D eigenvalue weighted by Crippen LogP contribution is -2.26. The van der Waals surface area contributed by atoms with Crippen LogP contribution in [-0.4, -0.2) is 0 Å². The molecule has 58 heavy (non-hydrogen) atoms. The average molecular weight is 738 g/mol. The van der Waals surface area contributed by atoms with Crippen molar-refractivity contribution in [1.82, 2.24) is 0 Å². The number of fused-ring (bicyclic) bond motifs is 13. The normalized spacial score (nSPS) is 13.5. The Balaban J connectivity index is 1.03. The zero-order valence-corrected chi connectivity index (χ0v) is 32.1. The Morgan fingerprint density at radius 1 is 0.293 bits per heavy atom. The Morgan fingerprint density at radius 2 is 0.759 bits per heavy atom. The summed E-state index contributed by atoms with van der Waals surface area (Å²) in [7, 11) is 0. The van der Waals surface area contributed by atoms with Gasteiger partial charge in [0.05, 0.1) is 5.41 Å². The highest BCUT2D eigenvalue weighted by Gasteiger charge is 2.51. The number of nitrogens with zero attached hydrogens (tertiary/aromatic N) is 1. The minimum Gasteiger partial charge on any atom is -0.310 e. The van der Waals surface area contributed by atoms with Crippen molar-refractivity contribution in [3.05, 3.63) is 246 Å². The lowest BCUT2D eigenvalue weighted by molar-refractivity contribution is 0.793. The summed E-state index contributed by atoms with van der Waals surface area (Å²) in [4.78, 5) is 2.44. The van der Waals surface area contributed by atoms with Gasteiger partial charge in [0.15, 0.2) is 0 Å². The average Bonchev–Trinajstić information content (AvgIpc) is 3.77. The fraction of sp³-hybridized carbons (Fsp3) is 0.0526. The van der Waals surface area contributed by atoms with Crippen LogP contribution in [0.5, 0.6) is 0 Å². The van der Waals surface area contributed by atoms with E-state index in [2.05, 4.69) is 217 Å². The smallest absolute Gasteiger partial charge is 0.0726 e. The van der Waals surface area contributed by atoms with Crippen molar-refractivity contribution in [3.8, 4) is 55.6 Å². The molecule has 9 aromatic rings. The molecular formula is C57H39N. The molecule has 0 bridgehead atoms. The Morgan fingerprint density at radius 3 is 1.40 bits per heavy atom. The van der Waals surface area contributed by atoms with Crippen LogP contribution in [-0.2, 0) is 18.3 Å². The maximum absolute atomic E-state index is 2.48. The van der Waals surface area contributed by atoms with Crippen LogP contribution in [0.25, 0.3) is 55.6 Å². The van der Waals surface area contributed by atoms with Crippen LogP contribution in [0, 0.1) is 0 Å². The van der Waals surface area contributed by atoms with E-state index in [1.165, 1.54) is 89.0 Å². The molecule has 9 aromatic carbocycles. The van der Waals surface area contributed by atoms with Gasteiger partial charge in [0.1, 0.15) is 0 Å². The standard InChI is InChI=1S/C57H39N/c1-2-13-38(14-3-1)39-25-30-42(31-26-39)58(43-32-27-41(28-33-43)46-20-12-21-47-45-16-5-4-15-40(45)29-35-48(46)47)44-34-36-52-51-19-8-11-24-55(51)57(56(52)37-44)53-22-9-6-17-49(53)50-18-7-10-23-54(50)57/h1-28,30-34,36-37H,29,35H2. The van der Waals surface area contributed by atoms with E-state index in [9.17, 15) is 0 Å². The molecule has 3 aliphatic rings. The van der Waals surface area contributed by atoms with Gasteiger partial charge in [-0.1, -0.05) is 176 Å². The summed E-state index contributed by atoms with van der Waals surface area (Å²) >= 11 is 0. The lowest BCUT2D eigenvalue weighted by atomic mass is 9.70. The quantitative estimate of drug-likeness (QED) is 0.170. The van der Waals surface area contributed by atoms with Crippen LogP contribution >= 0.6 is 0 Å². The topological polar surface area (TPSA) is 3.24 Å². The molecule has 0 amide bonds. The minimum absolute atomic E-state index is 0.410. The Bertz CT molecular complexity index is 2980. The number of rotatable bonds is 5. The van der Waals surface area contributed by atoms with E-state index in [1.807, 2.05) is 0 Å². The van der Waals surface area contributed by atoms with Crippen molar-refractivity contribution in [1.29, 1.82) is 0 Å². The summed E-state index contributed by atoms with van der Waals surface area (Å²) in [5.41, 5.74) is 24.3. The molecule has 0 aromatic heterocycles. The van der Waals surface area contributed by atoms with Gasteiger partial charge >= 0.3 is 0 Å². The van der Waals surface area contributed by atoms with Crippen molar-refractivity contribution in [2.75, 3.05) is 4.90 Å². The molecule has 1 spiro atoms. The van der Waals surface area contributed by atoms with Gasteiger partial charge in [0.25, 0.3) is 0 Å². The van der Waals surface area contributed by atoms with Crippen LogP contribution < -0.4 is 4.90 Å². The van der Waals surface area contributed by atoms with E-state index in [-0.39, 0.29) is 0 Å². The summed E-state index contributed by atoms with van der Waals surface area (Å²) in [6, 6.07) is 79.1. The van der Waals surface area contributed by atoms with Gasteiger partial charge in [0, 0.05) is 17.1 Å². The van der Waals surface area contributed by atoms with Gasteiger partial charge in [0.2, 0.25) is 0 Å². The Labute approximate surface area is 340 Å². The second-order valence-electron chi connectivity index (χ2n) is 15.9. The molecule has 0 unspecified atom stereocenters. The first kappa shape index (κ1) is 33.0. The first-order valence-corrected chi connectivity index (χ1v) is 20.5. The summed E-state index contributed by atoms with van der Waals surface area (Å²) < 4.78 is 0. The van der Waals surface area contributed by atoms with Crippen LogP contribution in [0.15, 0.2) is 212 Å². The Kier molecular flexibility index (Phi) is 7.34. The molecule has 0 saturated heterocycles. The third-order valence-corrected chi connectivity index (χ3v) is 13.0. The summed E-state index contributed by atoms with van der Waals surface area (Å²) in [5, 5.41) is 0. The summed E-state index contributed by atoms with van der Waals surface area (Å²) in [5.74, 6) is 0. The largest absolute Gasteiger partial charge is 0.310 e. The molecule has 0 atom stereocenters. The zero-order chi connectivity index (χ0) is 38.2. The molecule has 1 nitrogen and oxygen atoms in total. The van der Waals surface area contributed by atoms with Crippen molar-refractivity contribution in [2.24, 2.45) is 0 Å². The SMILES string of the molecule is c1ccc(-c2ccc(N(c3ccc(-c4cccc5c4CCc4ccccc4-5)cc3)c3ccc4c(c3)C3(c5ccccc5-c5ccccc53)c3ccccc3-4)cc2)cc1. The second-order valence-corrected chi connectivity index (χ2v) is 15.9. The van der Waals surface area contributed by atoms with Crippen LogP contribution in [0.1, 0.15) is 33.4 Å². The summed E-state index contributed by atoms with van der Waals surface area (Å²) in [6.45, 7) is 0. The lowest BCUT2D eigenvalue weighted by Gasteiger charge is -2.32. The molecule has 0 heterocycles. The zero-order valence-electron chi connectivity index (χ0n) is 32.1. The van der Waals surface area contributed by atoms with Crippen molar-refractivity contribution >= 4 is 17.1 Å². The van der Waals surface area contributed by atoms with E-state index >= 15 is 0 Å². The minimum atomic E-state index is -0.410. The van der Waals surface area contributed by atoms with E-state index < -0.39 is 5.41 Å². The van der Waals surface area contributed by atoms with Crippen LogP contribution in [0.4, 0.5) is 17.1 Å². The maximum Gasteiger partial charge on any atom is 0.0726 e. The molecule has 0 radical (unpaired) electrons. The van der Waals surface area contributed by atoms with Crippen molar-refractivity contribution < 1.29 is 0 Å². The van der Waals surface area contributed by atoms with Crippen molar-refractivity contribution in [3.63, 3.8) is 0 Å². The summed E-state index contributed by atoms with van der Waals surface area (Å²) in [6.07, 6.45) is 2.12. The molecule has 3 aliphatic carbocycles. The van der Waals surface area contributed by atoms with Crippen LogP contribution in [0.3, 0.4) is 0 Å². The molecule has 0 fully saturated rings. The fourth-order valence-electron chi connectivity index (χ4n) is 10.5. The van der Waals surface area contributed by atoms with Crippen molar-refractivity contribution in [2.45, 2.75) is 18.3 Å². The van der Waals surface area contributed by atoms with Gasteiger partial charge in [-0.25, -0.2) is 0 Å². The monoisotopic (exact) mass is 737 g/mol. The number of hydrogen-bond acceptors (Lipinski definition) is 1. The molecule has 1 heteroatoms. The molecule has 12 rings (SSSR count). The van der Waals surface area contributed by atoms with E-state index in [0.29, 0.717) is 0 Å². The third-order valence-electron chi connectivity index (χ3n) is 13.0.